The summed E-state index contributed by atoms with van der Waals surface area (Å²) in [6, 6.07) is 62.8. The third-order valence-electron chi connectivity index (χ3n) is 19.3. The Morgan fingerprint density at radius 3 is 1.32 bits per heavy atom. The van der Waals surface area contributed by atoms with Crippen LogP contribution in [0.15, 0.2) is 217 Å². The number of carbonyl (C=O) groups excluding carboxylic acids is 6. The molecule has 4 aliphatic rings. The van der Waals surface area contributed by atoms with Crippen molar-refractivity contribution >= 4 is 126 Å². The van der Waals surface area contributed by atoms with Gasteiger partial charge in [0.25, 0.3) is 0 Å². The fourth-order valence-electron chi connectivity index (χ4n) is 13.1. The molecule has 0 heterocycles. The van der Waals surface area contributed by atoms with Crippen molar-refractivity contribution in [3.63, 3.8) is 0 Å². The molecule has 7 aromatic carbocycles. The number of allylic oxidation sites excluding steroid dienone is 1. The van der Waals surface area contributed by atoms with E-state index in [1.807, 2.05) is 109 Å². The molecule has 1 atom stereocenters. The Hall–Kier alpha value is -6.37. The topological polar surface area (TPSA) is 297 Å². The minimum absolute atomic E-state index is 0. The van der Waals surface area contributed by atoms with Crippen LogP contribution in [0.3, 0.4) is 0 Å². The van der Waals surface area contributed by atoms with Crippen LogP contribution in [0.2, 0.25) is 0 Å². The van der Waals surface area contributed by atoms with Gasteiger partial charge in [-0.15, -0.1) is 0 Å². The Labute approximate surface area is 716 Å². The molecule has 0 spiro atoms. The third kappa shape index (κ3) is 31.5. The van der Waals surface area contributed by atoms with Crippen LogP contribution in [0.25, 0.3) is 4.85 Å². The Bertz CT molecular complexity index is 4050. The van der Waals surface area contributed by atoms with E-state index < -0.39 is 28.2 Å². The van der Waals surface area contributed by atoms with E-state index in [-0.39, 0.29) is 130 Å². The van der Waals surface area contributed by atoms with E-state index in [0.29, 0.717) is 82.2 Å². The molecule has 4 fully saturated rings. The first-order valence-corrected chi connectivity index (χ1v) is 38.0. The zero-order chi connectivity index (χ0) is 76.9. The normalized spacial score (nSPS) is 15.8. The first-order chi connectivity index (χ1) is 49.5. The summed E-state index contributed by atoms with van der Waals surface area (Å²) in [5.41, 5.74) is 10.2. The molecular formula is C85H95Br5KN5O11. The number of benzene rings is 7. The van der Waals surface area contributed by atoms with Gasteiger partial charge < -0.3 is 31.6 Å². The van der Waals surface area contributed by atoms with E-state index in [0.717, 1.165) is 71.3 Å². The molecule has 4 aliphatic carbocycles. The van der Waals surface area contributed by atoms with Gasteiger partial charge in [-0.25, -0.2) is 6.57 Å². The Kier molecular flexibility index (Phi) is 46.5. The number of hydrogen-bond acceptors (Lipinski definition) is 13. The number of carbonyl (C=O) groups is 8. The molecule has 7 aromatic rings. The first-order valence-electron chi connectivity index (χ1n) is 34.1. The molecule has 11 rings (SSSR count). The number of carboxylic acids is 2. The number of nitrogens with two attached hydrogens (primary N) is 1. The van der Waals surface area contributed by atoms with Crippen LogP contribution >= 0.6 is 79.6 Å². The second-order valence-corrected chi connectivity index (χ2v) is 30.5. The van der Waals surface area contributed by atoms with Crippen LogP contribution < -0.4 is 62.4 Å². The zero-order valence-electron chi connectivity index (χ0n) is 60.7. The number of Topliss-reactive ketones (excluding diaryl/α,β-unsaturated/α-hetero) is 6. The van der Waals surface area contributed by atoms with Gasteiger partial charge in [-0.05, 0) is 185 Å². The quantitative estimate of drug-likeness (QED) is 0.0263. The minimum Gasteiger partial charge on any atom is -0.870 e. The Morgan fingerprint density at radius 2 is 0.972 bits per heavy atom. The van der Waals surface area contributed by atoms with Crippen LogP contribution in [0.4, 0.5) is 0 Å². The third-order valence-corrected chi connectivity index (χ3v) is 21.9. The van der Waals surface area contributed by atoms with E-state index in [1.165, 1.54) is 29.7 Å². The Balaban J connectivity index is 0.000000647. The van der Waals surface area contributed by atoms with Gasteiger partial charge in [-0.3, -0.25) is 38.4 Å². The summed E-state index contributed by atoms with van der Waals surface area (Å²) in [6.45, 7) is 18.0. The summed E-state index contributed by atoms with van der Waals surface area (Å²) in [7, 11) is 0. The van der Waals surface area contributed by atoms with Gasteiger partial charge >= 0.3 is 63.3 Å². The molecule has 0 aromatic heterocycles. The number of ketones is 6. The van der Waals surface area contributed by atoms with Gasteiger partial charge in [0.2, 0.25) is 6.54 Å². The average Bonchev–Trinajstić information content (AvgIpc) is 0.726. The standard InChI is InChI=1S/C21H22BrNO.C15H15BrN2O.C15H17BrO5.C14H15BrO2.C9H9BrO.C7H9N.C3H3N.CH4.K.H2O/c22-18-8-6-17(7-9-18)21-12-10-20(11-13-21,14-19(21)24)23-15-16-4-2-1-3-5-16;1-12(19)15(8-3-10-17,9-11-18-2)13-4-6-14(16)7-5-13;1-10(17)15(8-6-13(18)19,9-7-14(20)21)11-2-4-12(16)5-3-11;1-10(16)14(8-6-13(17)7-9-14)11-2-4-12(15)5-3-11;1-7(11)6-8-2-4-9(10)5-3-8;8-6-7-4-2-1-3-5-7;1-2-3-4;;;/h1-9,23H,10-15H2;4-7H,3,8-9,11H2,1H3;2-5H,6-9H2,1H3,(H,18,19)(H,20,21);2-5H,6-9H2,1H3;2-5H,6H2,1H3;1-5H,6,8H2;2H,1H2;1H4;;1H2/q;;;;;;;;+1;/p-1. The number of hydrogen-bond donors (Lipinski definition) is 4. The van der Waals surface area contributed by atoms with Crippen molar-refractivity contribution in [2.45, 2.75) is 185 Å². The van der Waals surface area contributed by atoms with Gasteiger partial charge in [0, 0.05) is 98.4 Å². The molecule has 0 amide bonds. The molecule has 562 valence electrons. The fraction of sp³-hybridized carbons (Fsp3) is 0.353. The van der Waals surface area contributed by atoms with Crippen LogP contribution in [0.5, 0.6) is 0 Å². The maximum atomic E-state index is 13.0. The summed E-state index contributed by atoms with van der Waals surface area (Å²) in [5.74, 6) is -1.14. The van der Waals surface area contributed by atoms with Crippen LogP contribution in [-0.4, -0.2) is 74.4 Å². The van der Waals surface area contributed by atoms with E-state index in [4.69, 9.17) is 33.0 Å². The van der Waals surface area contributed by atoms with Gasteiger partial charge in [0.05, 0.1) is 33.8 Å². The second kappa shape index (κ2) is 50.4. The molecule has 0 aliphatic heterocycles. The molecule has 6 N–H and O–H groups in total. The molecule has 107 heavy (non-hydrogen) atoms. The molecule has 22 heteroatoms. The van der Waals surface area contributed by atoms with E-state index in [9.17, 15) is 38.4 Å². The molecule has 0 radical (unpaired) electrons. The van der Waals surface area contributed by atoms with E-state index in [2.05, 4.69) is 151 Å². The van der Waals surface area contributed by atoms with Gasteiger partial charge in [0.1, 0.15) is 34.7 Å². The minimum atomic E-state index is -1.07. The number of rotatable bonds is 23. The molecule has 0 saturated heterocycles. The molecular weight excluding hydrogens is 1710 g/mol. The van der Waals surface area contributed by atoms with Gasteiger partial charge in [0.15, 0.2) is 0 Å². The number of carboxylic acid groups (broad SMARTS) is 2. The van der Waals surface area contributed by atoms with Crippen molar-refractivity contribution in [3.05, 3.63) is 267 Å². The molecule has 4 saturated carbocycles. The van der Waals surface area contributed by atoms with Crippen molar-refractivity contribution < 1.29 is 105 Å². The molecule has 16 nitrogen and oxygen atoms in total. The average molecular weight is 1800 g/mol. The van der Waals surface area contributed by atoms with Crippen LogP contribution in [0, 0.1) is 29.2 Å². The first kappa shape index (κ1) is 98.6. The maximum absolute atomic E-state index is 13.0. The van der Waals surface area contributed by atoms with Crippen LogP contribution in [-0.2, 0) is 79.5 Å². The van der Waals surface area contributed by atoms with Crippen molar-refractivity contribution in [2.24, 2.45) is 5.73 Å². The second-order valence-electron chi connectivity index (χ2n) is 25.9. The van der Waals surface area contributed by atoms with Crippen molar-refractivity contribution in [3.8, 4) is 12.1 Å². The predicted octanol–water partition coefficient (Wildman–Crippen LogP) is 17.0. The van der Waals surface area contributed by atoms with Gasteiger partial charge in [-0.2, -0.15) is 10.5 Å². The maximum Gasteiger partial charge on any atom is 1.00 e. The van der Waals surface area contributed by atoms with Crippen molar-refractivity contribution in [2.75, 3.05) is 6.54 Å². The number of fused-ring (bicyclic) bond motifs is 3. The summed E-state index contributed by atoms with van der Waals surface area (Å²) < 4.78 is 4.90. The largest absolute Gasteiger partial charge is 1.00 e. The molecule has 2 bridgehead atoms. The summed E-state index contributed by atoms with van der Waals surface area (Å²) in [5, 5.41) is 37.8. The van der Waals surface area contributed by atoms with Crippen molar-refractivity contribution in [1.82, 2.24) is 5.32 Å². The van der Waals surface area contributed by atoms with E-state index >= 15 is 0 Å². The number of nitriles is 2. The number of nitrogens with zero attached hydrogens (tertiary/aromatic N) is 3. The number of halogens is 5. The van der Waals surface area contributed by atoms with Crippen LogP contribution in [0.1, 0.15) is 177 Å². The SMILES string of the molecule is C.C=CC#N.CC(=O)C(CCC(=O)O)(CCC(=O)O)c1ccc(Br)cc1.CC(=O)C1(c2ccc(Br)cc2)CCC(=O)CC1.CC(=O)Cc1ccc(Br)cc1.NCc1ccccc1.O=C1CC2(NCc3ccccc3)CCC1(c1ccc(Br)cc1)CC2.[C-]#[N+]CCC(CCC#N)(C(C)=O)c1ccc(Br)cc1.[K+].[OH-]. The smallest absolute Gasteiger partial charge is 0.870 e. The molecule has 1 unspecified atom stereocenters. The van der Waals surface area contributed by atoms with E-state index in [1.54, 1.807) is 51.1 Å². The monoisotopic (exact) mass is 1800 g/mol. The Morgan fingerprint density at radius 1 is 0.579 bits per heavy atom. The fourth-order valence-corrected chi connectivity index (χ4v) is 14.5. The van der Waals surface area contributed by atoms with Crippen molar-refractivity contribution in [1.29, 1.82) is 10.5 Å². The summed E-state index contributed by atoms with van der Waals surface area (Å²) in [4.78, 5) is 96.4. The predicted molar refractivity (Wildman–Crippen MR) is 435 cm³/mol. The zero-order valence-corrected chi connectivity index (χ0v) is 71.7. The number of nitrogens with one attached hydrogen (secondary N) is 1. The summed E-state index contributed by atoms with van der Waals surface area (Å²) >= 11 is 16.9. The number of aliphatic carboxylic acids is 2. The van der Waals surface area contributed by atoms with Gasteiger partial charge in [-0.1, -0.05) is 215 Å². The summed E-state index contributed by atoms with van der Waals surface area (Å²) in [6.07, 6.45) is 9.90.